The van der Waals surface area contributed by atoms with Crippen molar-refractivity contribution < 1.29 is 4.79 Å². The van der Waals surface area contributed by atoms with Gasteiger partial charge >= 0.3 is 0 Å². The summed E-state index contributed by atoms with van der Waals surface area (Å²) in [6.07, 6.45) is 15.1. The number of rotatable bonds is 3. The minimum Gasteiger partial charge on any atom is -0.353 e. The summed E-state index contributed by atoms with van der Waals surface area (Å²) in [5.74, 6) is 7.84. The second-order valence-electron chi connectivity index (χ2n) is 11.4. The number of thioether (sulfide) groups is 2. The van der Waals surface area contributed by atoms with Crippen molar-refractivity contribution in [2.75, 3.05) is 11.5 Å². The lowest BCUT2D eigenvalue weighted by molar-refractivity contribution is -0.132. The van der Waals surface area contributed by atoms with Gasteiger partial charge in [0.05, 0.1) is 4.08 Å². The van der Waals surface area contributed by atoms with Gasteiger partial charge in [-0.3, -0.25) is 4.79 Å². The van der Waals surface area contributed by atoms with Crippen LogP contribution in [0, 0.1) is 40.9 Å². The Morgan fingerprint density at radius 3 is 1.96 bits per heavy atom. The number of hydrogen-bond donors (Lipinski definition) is 1. The predicted octanol–water partition coefficient (Wildman–Crippen LogP) is 5.71. The molecule has 6 aliphatic carbocycles. The fourth-order valence-electron chi connectivity index (χ4n) is 9.02. The molecule has 1 heterocycles. The molecular weight excluding hydrogens is 382 g/mol. The lowest BCUT2D eigenvalue weighted by Crippen LogP contribution is -2.57. The Labute approximate surface area is 179 Å². The van der Waals surface area contributed by atoms with Crippen LogP contribution in [0.3, 0.4) is 0 Å². The average Bonchev–Trinajstić information content (AvgIpc) is 3.10. The van der Waals surface area contributed by atoms with E-state index in [-0.39, 0.29) is 0 Å². The molecule has 7 fully saturated rings. The molecule has 1 aliphatic heterocycles. The molecule has 6 saturated carbocycles. The summed E-state index contributed by atoms with van der Waals surface area (Å²) < 4.78 is 0.487. The molecule has 0 aromatic carbocycles. The van der Waals surface area contributed by atoms with Crippen molar-refractivity contribution >= 4 is 29.4 Å². The van der Waals surface area contributed by atoms with Gasteiger partial charge < -0.3 is 5.32 Å². The Bertz CT molecular complexity index is 591. The Morgan fingerprint density at radius 1 is 0.893 bits per heavy atom. The van der Waals surface area contributed by atoms with Gasteiger partial charge in [-0.15, -0.1) is 23.5 Å². The van der Waals surface area contributed by atoms with Crippen LogP contribution >= 0.6 is 23.5 Å². The predicted molar refractivity (Wildman–Crippen MR) is 119 cm³/mol. The first-order valence-electron chi connectivity index (χ1n) is 12.1. The molecule has 6 bridgehead atoms. The minimum absolute atomic E-state index is 0.291. The van der Waals surface area contributed by atoms with Gasteiger partial charge in [0, 0.05) is 23.5 Å². The van der Waals surface area contributed by atoms with Gasteiger partial charge in [0.1, 0.15) is 0 Å². The normalized spacial score (nSPS) is 49.3. The average molecular weight is 420 g/mol. The molecule has 0 aromatic heterocycles. The van der Waals surface area contributed by atoms with Gasteiger partial charge in [0.15, 0.2) is 0 Å². The molecule has 4 atom stereocenters. The Balaban J connectivity index is 1.14. The molecule has 1 amide bonds. The van der Waals surface area contributed by atoms with Crippen LogP contribution in [0.4, 0.5) is 0 Å². The Morgan fingerprint density at radius 2 is 1.43 bits per heavy atom. The van der Waals surface area contributed by atoms with Crippen molar-refractivity contribution in [1.29, 1.82) is 0 Å². The fourth-order valence-corrected chi connectivity index (χ4v) is 13.0. The van der Waals surface area contributed by atoms with Crippen molar-refractivity contribution in [1.82, 2.24) is 5.32 Å². The van der Waals surface area contributed by atoms with Gasteiger partial charge in [0.2, 0.25) is 5.91 Å². The summed E-state index contributed by atoms with van der Waals surface area (Å²) in [7, 11) is 0. The molecule has 156 valence electrons. The van der Waals surface area contributed by atoms with E-state index in [1.807, 2.05) is 0 Å². The first-order chi connectivity index (χ1) is 13.6. The lowest BCUT2D eigenvalue weighted by atomic mass is 9.48. The Kier molecular flexibility index (Phi) is 4.62. The van der Waals surface area contributed by atoms with E-state index in [9.17, 15) is 4.79 Å². The van der Waals surface area contributed by atoms with Crippen LogP contribution in [0.2, 0.25) is 0 Å². The van der Waals surface area contributed by atoms with E-state index >= 15 is 0 Å². The van der Waals surface area contributed by atoms with Crippen molar-refractivity contribution in [2.24, 2.45) is 40.9 Å². The molecule has 7 rings (SSSR count). The van der Waals surface area contributed by atoms with Crippen molar-refractivity contribution in [2.45, 2.75) is 87.7 Å². The molecule has 1 saturated heterocycles. The van der Waals surface area contributed by atoms with Gasteiger partial charge in [-0.25, -0.2) is 0 Å². The first kappa shape index (κ1) is 18.9. The molecule has 28 heavy (non-hydrogen) atoms. The highest BCUT2D eigenvalue weighted by atomic mass is 32.2. The second kappa shape index (κ2) is 6.84. The van der Waals surface area contributed by atoms with Crippen LogP contribution in [0.5, 0.6) is 0 Å². The van der Waals surface area contributed by atoms with E-state index < -0.39 is 0 Å². The van der Waals surface area contributed by atoms with Crippen molar-refractivity contribution in [3.05, 3.63) is 0 Å². The van der Waals surface area contributed by atoms with Crippen LogP contribution in [-0.2, 0) is 4.79 Å². The molecule has 1 unspecified atom stereocenters. The quantitative estimate of drug-likeness (QED) is 0.635. The highest BCUT2D eigenvalue weighted by Crippen LogP contribution is 2.64. The SMILES string of the molecule is C[C@H](NC(=O)C1C[C@H]2CCC[C@@H](C1)C21SCCS1)C12CC3CC(CC(C3)C1)C2. The third-order valence-corrected chi connectivity index (χ3v) is 13.9. The van der Waals surface area contributed by atoms with E-state index in [4.69, 9.17) is 0 Å². The molecule has 2 nitrogen and oxygen atoms in total. The first-order valence-corrected chi connectivity index (χ1v) is 14.1. The third-order valence-electron chi connectivity index (χ3n) is 9.85. The van der Waals surface area contributed by atoms with Gasteiger partial charge in [-0.1, -0.05) is 6.42 Å². The monoisotopic (exact) mass is 419 g/mol. The molecule has 1 spiro atoms. The highest BCUT2D eigenvalue weighted by Gasteiger charge is 2.56. The zero-order valence-electron chi connectivity index (χ0n) is 17.5. The van der Waals surface area contributed by atoms with Gasteiger partial charge in [0.25, 0.3) is 0 Å². The fraction of sp³-hybridized carbons (Fsp3) is 0.958. The van der Waals surface area contributed by atoms with Crippen LogP contribution in [0.1, 0.15) is 77.6 Å². The maximum atomic E-state index is 13.4. The zero-order chi connectivity index (χ0) is 18.9. The minimum atomic E-state index is 0.291. The number of nitrogens with one attached hydrogen (secondary N) is 1. The molecule has 4 heteroatoms. The molecule has 0 aromatic rings. The summed E-state index contributed by atoms with van der Waals surface area (Å²) >= 11 is 4.51. The number of carbonyl (C=O) groups is 1. The lowest BCUT2D eigenvalue weighted by Gasteiger charge is -2.59. The molecule has 1 N–H and O–H groups in total. The van der Waals surface area contributed by atoms with Crippen LogP contribution in [0.25, 0.3) is 0 Å². The van der Waals surface area contributed by atoms with Crippen LogP contribution in [-0.4, -0.2) is 27.5 Å². The van der Waals surface area contributed by atoms with Crippen LogP contribution < -0.4 is 5.32 Å². The van der Waals surface area contributed by atoms with E-state index in [1.165, 1.54) is 69.3 Å². The number of carbonyl (C=O) groups excluding carboxylic acids is 1. The maximum absolute atomic E-state index is 13.4. The summed E-state index contributed by atoms with van der Waals surface area (Å²) in [6, 6.07) is 0.388. The number of hydrogen-bond acceptors (Lipinski definition) is 3. The Hall–Kier alpha value is 0.170. The topological polar surface area (TPSA) is 29.1 Å². The zero-order valence-corrected chi connectivity index (χ0v) is 19.1. The smallest absolute Gasteiger partial charge is 0.223 e. The largest absolute Gasteiger partial charge is 0.353 e. The van der Waals surface area contributed by atoms with E-state index in [1.54, 1.807) is 0 Å². The summed E-state index contributed by atoms with van der Waals surface area (Å²) in [5, 5.41) is 3.62. The third kappa shape index (κ3) is 2.86. The van der Waals surface area contributed by atoms with E-state index in [0.717, 1.165) is 42.4 Å². The van der Waals surface area contributed by atoms with Crippen molar-refractivity contribution in [3.63, 3.8) is 0 Å². The second-order valence-corrected chi connectivity index (χ2v) is 14.4. The summed E-state index contributed by atoms with van der Waals surface area (Å²) in [6.45, 7) is 2.36. The molecule has 7 aliphatic rings. The van der Waals surface area contributed by atoms with Crippen molar-refractivity contribution in [3.8, 4) is 0 Å². The molecular formula is C24H37NOS2. The maximum Gasteiger partial charge on any atom is 0.223 e. The summed E-state index contributed by atoms with van der Waals surface area (Å²) in [4.78, 5) is 13.4. The standard InChI is InChI=1S/C24H37NOS2/c1-15(23-12-16-7-17(13-23)9-18(8-16)14-23)25-22(26)19-10-20-3-2-4-21(11-19)24(20)27-5-6-28-24/h15-21H,2-14H2,1H3,(H,25,26)/t15-,16?,17?,18?,19?,20-,21+,23?/m0/s1. The van der Waals surface area contributed by atoms with E-state index in [2.05, 4.69) is 35.8 Å². The van der Waals surface area contributed by atoms with Gasteiger partial charge in [-0.2, -0.15) is 0 Å². The highest BCUT2D eigenvalue weighted by molar-refractivity contribution is 8.21. The summed E-state index contributed by atoms with van der Waals surface area (Å²) in [5.41, 5.74) is 0.438. The molecule has 0 radical (unpaired) electrons. The van der Waals surface area contributed by atoms with E-state index in [0.29, 0.717) is 27.4 Å². The van der Waals surface area contributed by atoms with Gasteiger partial charge in [-0.05, 0) is 106 Å². The number of amides is 1. The van der Waals surface area contributed by atoms with Crippen LogP contribution in [0.15, 0.2) is 0 Å².